The number of para-hydroxylation sites is 6. The van der Waals surface area contributed by atoms with Crippen LogP contribution in [0.25, 0.3) is 99.5 Å². The Balaban J connectivity index is 0.918. The van der Waals surface area contributed by atoms with Crippen molar-refractivity contribution in [2.24, 2.45) is 0 Å². The number of hydrogen-bond donors (Lipinski definition) is 0. The minimum absolute atomic E-state index is 0.598. The fraction of sp³-hybridized carbons (Fsp3) is 0.0137. The van der Waals surface area contributed by atoms with Crippen molar-refractivity contribution in [1.29, 1.82) is 0 Å². The van der Waals surface area contributed by atoms with Crippen molar-refractivity contribution in [3.8, 4) is 55.9 Å². The van der Waals surface area contributed by atoms with E-state index < -0.39 is 5.41 Å². The molecule has 0 amide bonds. The highest BCUT2D eigenvalue weighted by atomic mass is 15.1. The molecule has 0 saturated heterocycles. The summed E-state index contributed by atoms with van der Waals surface area (Å²) in [6.45, 7) is 0. The Morgan fingerprint density at radius 1 is 0.276 bits per heavy atom. The molecule has 354 valence electrons. The zero-order valence-electron chi connectivity index (χ0n) is 41.5. The summed E-state index contributed by atoms with van der Waals surface area (Å²) >= 11 is 0. The predicted octanol–water partition coefficient (Wildman–Crippen LogP) is 19.0. The van der Waals surface area contributed by atoms with Gasteiger partial charge in [0.1, 0.15) is 0 Å². The fourth-order valence-corrected chi connectivity index (χ4v) is 13.4. The molecule has 1 aliphatic heterocycles. The van der Waals surface area contributed by atoms with Gasteiger partial charge in [-0.15, -0.1) is 0 Å². The summed E-state index contributed by atoms with van der Waals surface area (Å²) in [4.78, 5) is 2.50. The monoisotopic (exact) mass is 965 g/mol. The number of nitrogens with zero attached hydrogens (tertiary/aromatic N) is 3. The summed E-state index contributed by atoms with van der Waals surface area (Å²) in [5.41, 5.74) is 24.7. The molecular formula is C73H47N3. The second-order valence-corrected chi connectivity index (χ2v) is 20.3. The summed E-state index contributed by atoms with van der Waals surface area (Å²) in [7, 11) is 0. The van der Waals surface area contributed by atoms with Crippen molar-refractivity contribution in [1.82, 2.24) is 9.13 Å². The van der Waals surface area contributed by atoms with Gasteiger partial charge in [-0.1, -0.05) is 218 Å². The van der Waals surface area contributed by atoms with Gasteiger partial charge in [0.2, 0.25) is 0 Å². The topological polar surface area (TPSA) is 13.1 Å². The van der Waals surface area contributed by atoms with Gasteiger partial charge >= 0.3 is 0 Å². The van der Waals surface area contributed by atoms with Crippen LogP contribution in [0.15, 0.2) is 285 Å². The minimum atomic E-state index is -0.598. The molecule has 1 atom stereocenters. The van der Waals surface area contributed by atoms with E-state index in [-0.39, 0.29) is 0 Å². The zero-order chi connectivity index (χ0) is 49.9. The number of aromatic nitrogens is 2. The highest BCUT2D eigenvalue weighted by Gasteiger charge is 2.51. The van der Waals surface area contributed by atoms with Crippen LogP contribution in [0.5, 0.6) is 0 Å². The molecule has 3 heterocycles. The van der Waals surface area contributed by atoms with Gasteiger partial charge in [-0.25, -0.2) is 0 Å². The SMILES string of the molecule is c1ccc(-c2ccccc2-c2ccccc2N(c2ccc(-c3cccc(-n4c5ccccc5c5ccccc54)c3)cc2)c2ccc3c(c2)C2(c4ccccc4-3)c3ccccc3-n3c4ccccc4c4cccc2c43)cc1. The van der Waals surface area contributed by atoms with Gasteiger partial charge in [0.05, 0.1) is 38.9 Å². The summed E-state index contributed by atoms with van der Waals surface area (Å²) in [5.74, 6) is 0. The van der Waals surface area contributed by atoms with Gasteiger partial charge in [-0.05, 0) is 128 Å². The van der Waals surface area contributed by atoms with Crippen LogP contribution in [-0.2, 0) is 5.41 Å². The number of rotatable bonds is 7. The number of anilines is 3. The average Bonchev–Trinajstić information content (AvgIpc) is 3.97. The van der Waals surface area contributed by atoms with E-state index in [1.165, 1.54) is 99.4 Å². The maximum absolute atomic E-state index is 2.53. The van der Waals surface area contributed by atoms with Gasteiger partial charge < -0.3 is 14.0 Å². The van der Waals surface area contributed by atoms with Gasteiger partial charge in [0.15, 0.2) is 0 Å². The summed E-state index contributed by atoms with van der Waals surface area (Å²) < 4.78 is 4.93. The molecule has 0 bridgehead atoms. The van der Waals surface area contributed by atoms with Crippen LogP contribution in [0, 0.1) is 0 Å². The molecule has 14 aromatic rings. The molecule has 12 aromatic carbocycles. The molecule has 1 aliphatic carbocycles. The van der Waals surface area contributed by atoms with E-state index in [0.29, 0.717) is 0 Å². The molecule has 3 nitrogen and oxygen atoms in total. The first-order valence-electron chi connectivity index (χ1n) is 26.3. The zero-order valence-corrected chi connectivity index (χ0v) is 41.5. The van der Waals surface area contributed by atoms with E-state index in [0.717, 1.165) is 39.4 Å². The molecule has 3 heteroatoms. The van der Waals surface area contributed by atoms with E-state index in [9.17, 15) is 0 Å². The van der Waals surface area contributed by atoms with Crippen molar-refractivity contribution >= 4 is 60.7 Å². The van der Waals surface area contributed by atoms with Crippen LogP contribution in [-0.4, -0.2) is 9.13 Å². The van der Waals surface area contributed by atoms with Crippen LogP contribution in [0.1, 0.15) is 22.3 Å². The molecule has 76 heavy (non-hydrogen) atoms. The van der Waals surface area contributed by atoms with Crippen molar-refractivity contribution in [2.45, 2.75) is 5.41 Å². The normalized spacial score (nSPS) is 14.1. The lowest BCUT2D eigenvalue weighted by Gasteiger charge is -2.40. The van der Waals surface area contributed by atoms with Crippen LogP contribution < -0.4 is 4.90 Å². The molecule has 0 saturated carbocycles. The molecule has 1 spiro atoms. The predicted molar refractivity (Wildman–Crippen MR) is 317 cm³/mol. The summed E-state index contributed by atoms with van der Waals surface area (Å²) in [6, 6.07) is 106. The maximum atomic E-state index is 2.53. The standard InChI is InChI=1S/C73H47N3/c1-2-20-49(21-3-1)54-24-4-5-25-55(54)58-27-7-13-35-67(58)74(51-42-40-48(41-43-51)50-22-18-23-52(46-50)75-68-36-14-8-28-59(68)60-29-9-15-37-69(60)75)53-44-45-57-56-26-6-11-32-63(56)73(66(57)47-53)64-33-12-17-39-71(64)76-70-38-16-10-30-61(70)62-31-19-34-65(73)72(62)76/h1-47H. The smallest absolute Gasteiger partial charge is 0.0755 e. The molecular weight excluding hydrogens is 919 g/mol. The minimum Gasteiger partial charge on any atom is -0.310 e. The number of benzene rings is 12. The van der Waals surface area contributed by atoms with E-state index in [1.807, 2.05) is 0 Å². The maximum Gasteiger partial charge on any atom is 0.0755 e. The van der Waals surface area contributed by atoms with E-state index in [2.05, 4.69) is 299 Å². The summed E-state index contributed by atoms with van der Waals surface area (Å²) in [5, 5.41) is 5.06. The molecule has 2 aromatic heterocycles. The van der Waals surface area contributed by atoms with E-state index in [4.69, 9.17) is 0 Å². The third-order valence-corrected chi connectivity index (χ3v) is 16.5. The lowest BCUT2D eigenvalue weighted by atomic mass is 9.65. The molecule has 2 aliphatic rings. The first kappa shape index (κ1) is 42.5. The molecule has 16 rings (SSSR count). The van der Waals surface area contributed by atoms with Crippen LogP contribution in [0.4, 0.5) is 17.1 Å². The van der Waals surface area contributed by atoms with Gasteiger partial charge in [0, 0.05) is 44.2 Å². The fourth-order valence-electron chi connectivity index (χ4n) is 13.4. The second kappa shape index (κ2) is 16.5. The molecule has 1 unspecified atom stereocenters. The van der Waals surface area contributed by atoms with Gasteiger partial charge in [-0.3, -0.25) is 0 Å². The van der Waals surface area contributed by atoms with Crippen molar-refractivity contribution < 1.29 is 0 Å². The lowest BCUT2D eigenvalue weighted by molar-refractivity contribution is 0.748. The van der Waals surface area contributed by atoms with Crippen LogP contribution in [0.2, 0.25) is 0 Å². The number of hydrogen-bond acceptors (Lipinski definition) is 1. The van der Waals surface area contributed by atoms with Gasteiger partial charge in [-0.2, -0.15) is 0 Å². The Labute approximate surface area is 441 Å². The quantitative estimate of drug-likeness (QED) is 0.155. The average molecular weight is 966 g/mol. The highest BCUT2D eigenvalue weighted by molar-refractivity contribution is 6.13. The molecule has 0 N–H and O–H groups in total. The molecule has 0 fully saturated rings. The third kappa shape index (κ3) is 5.99. The Bertz CT molecular complexity index is 4600. The molecule has 0 radical (unpaired) electrons. The van der Waals surface area contributed by atoms with Crippen LogP contribution in [0.3, 0.4) is 0 Å². The van der Waals surface area contributed by atoms with Gasteiger partial charge in [0.25, 0.3) is 0 Å². The Hall–Kier alpha value is -9.96. The van der Waals surface area contributed by atoms with E-state index >= 15 is 0 Å². The second-order valence-electron chi connectivity index (χ2n) is 20.3. The summed E-state index contributed by atoms with van der Waals surface area (Å²) in [6.07, 6.45) is 0. The number of fused-ring (bicyclic) bond motifs is 15. The van der Waals surface area contributed by atoms with E-state index in [1.54, 1.807) is 0 Å². The first-order valence-corrected chi connectivity index (χ1v) is 26.3. The first-order chi connectivity index (χ1) is 37.7. The largest absolute Gasteiger partial charge is 0.310 e. The Kier molecular flexibility index (Phi) is 9.25. The van der Waals surface area contributed by atoms with Crippen LogP contribution >= 0.6 is 0 Å². The lowest BCUT2D eigenvalue weighted by Crippen LogP contribution is -2.33. The Morgan fingerprint density at radius 3 is 1.57 bits per heavy atom. The third-order valence-electron chi connectivity index (χ3n) is 16.5. The van der Waals surface area contributed by atoms with Crippen molar-refractivity contribution in [2.75, 3.05) is 4.90 Å². The Morgan fingerprint density at radius 2 is 0.803 bits per heavy atom. The highest BCUT2D eigenvalue weighted by Crippen LogP contribution is 2.62. The van der Waals surface area contributed by atoms with Crippen molar-refractivity contribution in [3.63, 3.8) is 0 Å². The van der Waals surface area contributed by atoms with Crippen molar-refractivity contribution in [3.05, 3.63) is 307 Å².